The van der Waals surface area contributed by atoms with Crippen LogP contribution in [-0.2, 0) is 9.59 Å². The Balaban J connectivity index is 3.00. The highest BCUT2D eigenvalue weighted by Gasteiger charge is 2.38. The first-order valence-corrected chi connectivity index (χ1v) is 6.43. The average Bonchev–Trinajstić information content (AvgIpc) is 2.34. The predicted molar refractivity (Wildman–Crippen MR) is 71.7 cm³/mol. The van der Waals surface area contributed by atoms with Crippen LogP contribution in [-0.4, -0.2) is 18.4 Å². The van der Waals surface area contributed by atoms with Gasteiger partial charge >= 0.3 is 0 Å². The molecule has 18 heavy (non-hydrogen) atoms. The van der Waals surface area contributed by atoms with E-state index in [1.54, 1.807) is 6.08 Å². The number of allylic oxidation sites excluding steroid dienone is 2. The maximum Gasteiger partial charge on any atom is 0.244 e. The van der Waals surface area contributed by atoms with Gasteiger partial charge in [-0.25, -0.2) is 0 Å². The Morgan fingerprint density at radius 2 is 2.11 bits per heavy atom. The number of amides is 2. The summed E-state index contributed by atoms with van der Waals surface area (Å²) < 4.78 is 0. The zero-order valence-electron chi connectivity index (χ0n) is 11.4. The van der Waals surface area contributed by atoms with Crippen LogP contribution in [0.5, 0.6) is 0 Å². The van der Waals surface area contributed by atoms with Crippen molar-refractivity contribution in [2.24, 2.45) is 11.1 Å². The van der Waals surface area contributed by atoms with Crippen molar-refractivity contribution < 1.29 is 9.59 Å². The summed E-state index contributed by atoms with van der Waals surface area (Å²) in [6.45, 7) is 6.51. The Morgan fingerprint density at radius 3 is 2.61 bits per heavy atom. The maximum absolute atomic E-state index is 12.3. The van der Waals surface area contributed by atoms with Gasteiger partial charge in [-0.15, -0.1) is 0 Å². The standard InChI is InChI=1S/C14H22N2O2/c1-4-6-16-13(18)14(5-2)8-10(3)7-11(9-14)12(15)17/h7-8H,4-6,9H2,1-3H3,(H2,15,17)(H,16,18). The molecule has 3 N–H and O–H groups in total. The molecule has 0 aliphatic heterocycles. The highest BCUT2D eigenvalue weighted by molar-refractivity contribution is 5.95. The van der Waals surface area contributed by atoms with Crippen LogP contribution in [0.2, 0.25) is 0 Å². The molecule has 1 atom stereocenters. The predicted octanol–water partition coefficient (Wildman–Crippen LogP) is 1.67. The molecule has 4 nitrogen and oxygen atoms in total. The van der Waals surface area contributed by atoms with Gasteiger partial charge in [-0.3, -0.25) is 9.59 Å². The molecule has 0 saturated carbocycles. The van der Waals surface area contributed by atoms with Gasteiger partial charge in [0.1, 0.15) is 0 Å². The van der Waals surface area contributed by atoms with E-state index in [2.05, 4.69) is 5.32 Å². The fraction of sp³-hybridized carbons (Fsp3) is 0.571. The van der Waals surface area contributed by atoms with E-state index in [4.69, 9.17) is 5.73 Å². The molecule has 4 heteroatoms. The molecule has 1 aliphatic carbocycles. The van der Waals surface area contributed by atoms with Crippen LogP contribution < -0.4 is 11.1 Å². The van der Waals surface area contributed by atoms with E-state index >= 15 is 0 Å². The van der Waals surface area contributed by atoms with Gasteiger partial charge in [0, 0.05) is 12.1 Å². The number of carbonyl (C=O) groups excluding carboxylic acids is 2. The van der Waals surface area contributed by atoms with Gasteiger partial charge in [-0.1, -0.05) is 31.6 Å². The van der Waals surface area contributed by atoms with Crippen molar-refractivity contribution in [3.05, 3.63) is 23.3 Å². The Morgan fingerprint density at radius 1 is 1.44 bits per heavy atom. The molecule has 1 unspecified atom stereocenters. The lowest BCUT2D eigenvalue weighted by Crippen LogP contribution is -2.42. The van der Waals surface area contributed by atoms with Gasteiger partial charge in [0.2, 0.25) is 11.8 Å². The largest absolute Gasteiger partial charge is 0.366 e. The molecule has 0 aromatic carbocycles. The smallest absolute Gasteiger partial charge is 0.244 e. The molecule has 0 radical (unpaired) electrons. The minimum Gasteiger partial charge on any atom is -0.366 e. The Bertz CT molecular complexity index is 410. The second-order valence-corrected chi connectivity index (χ2v) is 4.86. The molecule has 0 heterocycles. The van der Waals surface area contributed by atoms with Crippen LogP contribution in [0.4, 0.5) is 0 Å². The van der Waals surface area contributed by atoms with E-state index < -0.39 is 11.3 Å². The van der Waals surface area contributed by atoms with Gasteiger partial charge in [-0.2, -0.15) is 0 Å². The van der Waals surface area contributed by atoms with Gasteiger partial charge in [0.15, 0.2) is 0 Å². The highest BCUT2D eigenvalue weighted by atomic mass is 16.2. The van der Waals surface area contributed by atoms with Crippen LogP contribution in [0.25, 0.3) is 0 Å². The first-order chi connectivity index (χ1) is 8.45. The van der Waals surface area contributed by atoms with E-state index in [1.807, 2.05) is 26.8 Å². The summed E-state index contributed by atoms with van der Waals surface area (Å²) in [5.41, 5.74) is 6.16. The lowest BCUT2D eigenvalue weighted by Gasteiger charge is -2.32. The first kappa shape index (κ1) is 14.5. The molecule has 1 rings (SSSR count). The van der Waals surface area contributed by atoms with Crippen molar-refractivity contribution in [2.45, 2.75) is 40.0 Å². The van der Waals surface area contributed by atoms with Crippen LogP contribution >= 0.6 is 0 Å². The zero-order valence-corrected chi connectivity index (χ0v) is 11.4. The molecule has 100 valence electrons. The Labute approximate surface area is 108 Å². The van der Waals surface area contributed by atoms with Crippen LogP contribution in [0.3, 0.4) is 0 Å². The molecule has 0 aromatic rings. The summed E-state index contributed by atoms with van der Waals surface area (Å²) in [7, 11) is 0. The number of rotatable bonds is 5. The van der Waals surface area contributed by atoms with Gasteiger partial charge in [-0.05, 0) is 26.2 Å². The molecular formula is C14H22N2O2. The number of nitrogens with one attached hydrogen (secondary N) is 1. The monoisotopic (exact) mass is 250 g/mol. The lowest BCUT2D eigenvalue weighted by molar-refractivity contribution is -0.128. The summed E-state index contributed by atoms with van der Waals surface area (Å²) in [6, 6.07) is 0. The van der Waals surface area contributed by atoms with E-state index in [0.29, 0.717) is 25.0 Å². The number of nitrogens with two attached hydrogens (primary N) is 1. The van der Waals surface area contributed by atoms with Crippen molar-refractivity contribution in [1.29, 1.82) is 0 Å². The summed E-state index contributed by atoms with van der Waals surface area (Å²) in [5, 5.41) is 2.91. The van der Waals surface area contributed by atoms with E-state index in [9.17, 15) is 9.59 Å². The van der Waals surface area contributed by atoms with E-state index in [1.165, 1.54) is 0 Å². The minimum absolute atomic E-state index is 0.0157. The van der Waals surface area contributed by atoms with Gasteiger partial charge in [0.05, 0.1) is 5.41 Å². The van der Waals surface area contributed by atoms with E-state index in [0.717, 1.165) is 12.0 Å². The second-order valence-electron chi connectivity index (χ2n) is 4.86. The summed E-state index contributed by atoms with van der Waals surface area (Å²) in [5.74, 6) is -0.457. The van der Waals surface area contributed by atoms with Crippen LogP contribution in [0.15, 0.2) is 23.3 Å². The second kappa shape index (κ2) is 5.85. The highest BCUT2D eigenvalue weighted by Crippen LogP contribution is 2.37. The quantitative estimate of drug-likeness (QED) is 0.779. The van der Waals surface area contributed by atoms with Crippen molar-refractivity contribution in [3.8, 4) is 0 Å². The van der Waals surface area contributed by atoms with Crippen LogP contribution in [0.1, 0.15) is 40.0 Å². The third-order valence-corrected chi connectivity index (χ3v) is 3.35. The van der Waals surface area contributed by atoms with Crippen molar-refractivity contribution in [2.75, 3.05) is 6.54 Å². The molecular weight excluding hydrogens is 228 g/mol. The normalized spacial score (nSPS) is 23.1. The fourth-order valence-corrected chi connectivity index (χ4v) is 2.30. The number of hydrogen-bond acceptors (Lipinski definition) is 2. The minimum atomic E-state index is -0.627. The van der Waals surface area contributed by atoms with Crippen molar-refractivity contribution in [3.63, 3.8) is 0 Å². The van der Waals surface area contributed by atoms with Gasteiger partial charge < -0.3 is 11.1 Å². The molecule has 1 aliphatic rings. The first-order valence-electron chi connectivity index (χ1n) is 6.43. The SMILES string of the molecule is CCCNC(=O)C1(CC)C=C(C)C=C(C(N)=O)C1. The zero-order chi connectivity index (χ0) is 13.8. The fourth-order valence-electron chi connectivity index (χ4n) is 2.30. The molecule has 0 bridgehead atoms. The third kappa shape index (κ3) is 3.00. The van der Waals surface area contributed by atoms with Crippen molar-refractivity contribution in [1.82, 2.24) is 5.32 Å². The van der Waals surface area contributed by atoms with Crippen LogP contribution in [0, 0.1) is 5.41 Å². The third-order valence-electron chi connectivity index (χ3n) is 3.35. The lowest BCUT2D eigenvalue weighted by atomic mass is 9.73. The van der Waals surface area contributed by atoms with Crippen molar-refractivity contribution >= 4 is 11.8 Å². The number of carbonyl (C=O) groups is 2. The van der Waals surface area contributed by atoms with E-state index in [-0.39, 0.29) is 5.91 Å². The number of primary amides is 1. The molecule has 0 spiro atoms. The molecule has 2 amide bonds. The summed E-state index contributed by atoms with van der Waals surface area (Å²) in [4.78, 5) is 23.6. The molecule has 0 saturated heterocycles. The maximum atomic E-state index is 12.3. The summed E-state index contributed by atoms with van der Waals surface area (Å²) in [6.07, 6.45) is 5.66. The topological polar surface area (TPSA) is 72.2 Å². The molecule has 0 aromatic heterocycles. The number of hydrogen-bond donors (Lipinski definition) is 2. The average molecular weight is 250 g/mol. The van der Waals surface area contributed by atoms with Gasteiger partial charge in [0.25, 0.3) is 0 Å². The summed E-state index contributed by atoms with van der Waals surface area (Å²) >= 11 is 0. The molecule has 0 fully saturated rings. The Kier molecular flexibility index (Phi) is 4.70. The Hall–Kier alpha value is -1.58.